The van der Waals surface area contributed by atoms with Crippen molar-refractivity contribution in [3.8, 4) is 0 Å². The molecule has 1 aliphatic heterocycles. The van der Waals surface area contributed by atoms with E-state index in [0.29, 0.717) is 23.7 Å². The van der Waals surface area contributed by atoms with E-state index in [1.807, 2.05) is 17.8 Å². The number of nitrogens with zero attached hydrogens (tertiary/aromatic N) is 3. The van der Waals surface area contributed by atoms with Crippen molar-refractivity contribution in [3.63, 3.8) is 0 Å². The number of rotatable bonds is 3. The minimum absolute atomic E-state index is 0.0226. The van der Waals surface area contributed by atoms with Crippen molar-refractivity contribution in [2.45, 2.75) is 12.6 Å². The summed E-state index contributed by atoms with van der Waals surface area (Å²) in [5, 5.41) is 0.449. The minimum Gasteiger partial charge on any atom is -0.371 e. The molecule has 22 heavy (non-hydrogen) atoms. The summed E-state index contributed by atoms with van der Waals surface area (Å²) < 4.78 is 21.4. The molecule has 118 valence electrons. The predicted molar refractivity (Wildman–Crippen MR) is 83.6 cm³/mol. The molecule has 1 aromatic heterocycles. The van der Waals surface area contributed by atoms with Crippen molar-refractivity contribution in [2.24, 2.45) is 7.05 Å². The summed E-state index contributed by atoms with van der Waals surface area (Å²) in [5.41, 5.74) is 0.633. The molecular formula is C15H16Cl2FN3O. The third kappa shape index (κ3) is 3.27. The van der Waals surface area contributed by atoms with Crippen molar-refractivity contribution in [2.75, 3.05) is 19.7 Å². The van der Waals surface area contributed by atoms with Crippen LogP contribution in [0, 0.1) is 5.82 Å². The smallest absolute Gasteiger partial charge is 0.142 e. The van der Waals surface area contributed by atoms with Crippen LogP contribution in [0.3, 0.4) is 0 Å². The summed E-state index contributed by atoms with van der Waals surface area (Å²) in [6.07, 6.45) is 3.42. The van der Waals surface area contributed by atoms with Crippen LogP contribution in [0.25, 0.3) is 0 Å². The third-order valence-electron chi connectivity index (χ3n) is 3.82. The lowest BCUT2D eigenvalue weighted by molar-refractivity contribution is -0.0339. The molecule has 1 fully saturated rings. The zero-order valence-corrected chi connectivity index (χ0v) is 13.6. The van der Waals surface area contributed by atoms with Crippen LogP contribution in [0.4, 0.5) is 4.39 Å². The molecule has 1 saturated heterocycles. The van der Waals surface area contributed by atoms with Gasteiger partial charge < -0.3 is 9.30 Å². The summed E-state index contributed by atoms with van der Waals surface area (Å²) in [6.45, 7) is 2.72. The molecule has 0 saturated carbocycles. The molecule has 1 aromatic carbocycles. The van der Waals surface area contributed by atoms with Gasteiger partial charge in [0.1, 0.15) is 11.6 Å². The van der Waals surface area contributed by atoms with Crippen molar-refractivity contribution in [1.82, 2.24) is 14.5 Å². The molecule has 1 aliphatic rings. The molecule has 1 atom stereocenters. The molecule has 7 heteroatoms. The lowest BCUT2D eigenvalue weighted by atomic mass is 10.1. The van der Waals surface area contributed by atoms with E-state index in [9.17, 15) is 4.39 Å². The maximum Gasteiger partial charge on any atom is 0.142 e. The summed E-state index contributed by atoms with van der Waals surface area (Å²) in [5.74, 6) is 0.500. The van der Waals surface area contributed by atoms with Crippen molar-refractivity contribution >= 4 is 23.2 Å². The maximum absolute atomic E-state index is 13.7. The van der Waals surface area contributed by atoms with Gasteiger partial charge in [0.15, 0.2) is 0 Å². The second-order valence-electron chi connectivity index (χ2n) is 5.34. The molecule has 0 bridgehead atoms. The molecule has 0 spiro atoms. The second kappa shape index (κ2) is 6.54. The standard InChI is InChI=1S/C15H16Cl2FN3O/c1-20-3-2-19-15(20)9-21-4-5-22-14(8-21)10-6-13(18)12(17)7-11(10)16/h2-3,6-7,14H,4-5,8-9H2,1H3/t14-/m0/s1. The fourth-order valence-corrected chi connectivity index (χ4v) is 3.07. The quantitative estimate of drug-likeness (QED) is 0.799. The first-order valence-electron chi connectivity index (χ1n) is 6.99. The monoisotopic (exact) mass is 343 g/mol. The number of hydrogen-bond donors (Lipinski definition) is 0. The first-order chi connectivity index (χ1) is 10.5. The van der Waals surface area contributed by atoms with E-state index in [1.54, 1.807) is 6.20 Å². The fourth-order valence-electron chi connectivity index (χ4n) is 2.57. The zero-order chi connectivity index (χ0) is 15.7. The first kappa shape index (κ1) is 15.7. The highest BCUT2D eigenvalue weighted by molar-refractivity contribution is 6.35. The van der Waals surface area contributed by atoms with Crippen LogP contribution in [-0.4, -0.2) is 34.1 Å². The predicted octanol–water partition coefficient (Wildman–Crippen LogP) is 3.44. The van der Waals surface area contributed by atoms with E-state index in [1.165, 1.54) is 12.1 Å². The largest absolute Gasteiger partial charge is 0.371 e. The van der Waals surface area contributed by atoms with Gasteiger partial charge in [-0.05, 0) is 12.1 Å². The zero-order valence-electron chi connectivity index (χ0n) is 12.1. The number of benzene rings is 1. The summed E-state index contributed by atoms with van der Waals surface area (Å²) in [4.78, 5) is 6.55. The van der Waals surface area contributed by atoms with Gasteiger partial charge in [-0.15, -0.1) is 0 Å². The highest BCUT2D eigenvalue weighted by Gasteiger charge is 2.25. The van der Waals surface area contributed by atoms with Crippen LogP contribution in [-0.2, 0) is 18.3 Å². The number of imidazole rings is 1. The van der Waals surface area contributed by atoms with Crippen LogP contribution in [0.2, 0.25) is 10.0 Å². The molecular weight excluding hydrogens is 328 g/mol. The molecule has 2 aromatic rings. The number of halogens is 3. The van der Waals surface area contributed by atoms with Gasteiger partial charge in [-0.25, -0.2) is 9.37 Å². The van der Waals surface area contributed by atoms with Crippen LogP contribution in [0.5, 0.6) is 0 Å². The van der Waals surface area contributed by atoms with Crippen molar-refractivity contribution in [1.29, 1.82) is 0 Å². The molecule has 3 rings (SSSR count). The maximum atomic E-state index is 13.7. The highest BCUT2D eigenvalue weighted by Crippen LogP contribution is 2.32. The normalized spacial score (nSPS) is 19.5. The number of ether oxygens (including phenoxy) is 1. The van der Waals surface area contributed by atoms with Gasteiger partial charge >= 0.3 is 0 Å². The molecule has 0 aliphatic carbocycles. The Morgan fingerprint density at radius 2 is 2.18 bits per heavy atom. The first-order valence-corrected chi connectivity index (χ1v) is 7.75. The molecule has 0 amide bonds. The van der Waals surface area contributed by atoms with E-state index in [0.717, 1.165) is 18.9 Å². The highest BCUT2D eigenvalue weighted by atomic mass is 35.5. The number of aromatic nitrogens is 2. The Kier molecular flexibility index (Phi) is 4.68. The van der Waals surface area contributed by atoms with E-state index >= 15 is 0 Å². The lowest BCUT2D eigenvalue weighted by Crippen LogP contribution is -2.38. The summed E-state index contributed by atoms with van der Waals surface area (Å²) in [6, 6.07) is 2.79. The number of hydrogen-bond acceptors (Lipinski definition) is 3. The minimum atomic E-state index is -0.481. The molecule has 0 unspecified atom stereocenters. The van der Waals surface area contributed by atoms with E-state index in [2.05, 4.69) is 9.88 Å². The SMILES string of the molecule is Cn1ccnc1CN1CCO[C@H](c2cc(F)c(Cl)cc2Cl)C1. The van der Waals surface area contributed by atoms with Crippen LogP contribution in [0.15, 0.2) is 24.5 Å². The third-order valence-corrected chi connectivity index (χ3v) is 4.44. The van der Waals surface area contributed by atoms with Gasteiger partial charge in [0.05, 0.1) is 24.3 Å². The van der Waals surface area contributed by atoms with Gasteiger partial charge in [-0.3, -0.25) is 4.90 Å². The molecule has 0 radical (unpaired) electrons. The van der Waals surface area contributed by atoms with E-state index < -0.39 is 5.82 Å². The molecule has 0 N–H and O–H groups in total. The Balaban J connectivity index is 1.76. The second-order valence-corrected chi connectivity index (χ2v) is 6.15. The van der Waals surface area contributed by atoms with Gasteiger partial charge in [0, 0.05) is 43.1 Å². The van der Waals surface area contributed by atoms with Crippen molar-refractivity contribution in [3.05, 3.63) is 51.8 Å². The average Bonchev–Trinajstić information content (AvgIpc) is 2.88. The van der Waals surface area contributed by atoms with E-state index in [4.69, 9.17) is 27.9 Å². The van der Waals surface area contributed by atoms with Gasteiger partial charge in [0.2, 0.25) is 0 Å². The number of aryl methyl sites for hydroxylation is 1. The Morgan fingerprint density at radius 3 is 2.91 bits per heavy atom. The average molecular weight is 344 g/mol. The van der Waals surface area contributed by atoms with Crippen LogP contribution in [0.1, 0.15) is 17.5 Å². The fraction of sp³-hybridized carbons (Fsp3) is 0.400. The van der Waals surface area contributed by atoms with Crippen molar-refractivity contribution < 1.29 is 9.13 Å². The summed E-state index contributed by atoms with van der Waals surface area (Å²) in [7, 11) is 1.96. The Hall–Kier alpha value is -1.14. The topological polar surface area (TPSA) is 30.3 Å². The number of morpholine rings is 1. The Labute approximate surface area is 138 Å². The lowest BCUT2D eigenvalue weighted by Gasteiger charge is -2.33. The molecule has 4 nitrogen and oxygen atoms in total. The van der Waals surface area contributed by atoms with E-state index in [-0.39, 0.29) is 11.1 Å². The van der Waals surface area contributed by atoms with Crippen LogP contribution >= 0.6 is 23.2 Å². The Bertz CT molecular complexity index is 677. The molecule has 2 heterocycles. The van der Waals surface area contributed by atoms with Gasteiger partial charge in [-0.2, -0.15) is 0 Å². The Morgan fingerprint density at radius 1 is 1.36 bits per heavy atom. The van der Waals surface area contributed by atoms with Gasteiger partial charge in [0.25, 0.3) is 0 Å². The van der Waals surface area contributed by atoms with Gasteiger partial charge in [-0.1, -0.05) is 23.2 Å². The summed E-state index contributed by atoms with van der Waals surface area (Å²) >= 11 is 11.9. The van der Waals surface area contributed by atoms with Crippen LogP contribution < -0.4 is 0 Å².